The van der Waals surface area contributed by atoms with Crippen LogP contribution in [0.5, 0.6) is 0 Å². The fraction of sp³-hybridized carbons (Fsp3) is 0.640. The van der Waals surface area contributed by atoms with E-state index in [9.17, 15) is 4.79 Å². The van der Waals surface area contributed by atoms with Crippen molar-refractivity contribution in [3.63, 3.8) is 0 Å². The summed E-state index contributed by atoms with van der Waals surface area (Å²) in [5.74, 6) is 0.0470. The van der Waals surface area contributed by atoms with E-state index in [1.807, 2.05) is 30.3 Å². The Morgan fingerprint density at radius 2 is 1.87 bits per heavy atom. The van der Waals surface area contributed by atoms with Gasteiger partial charge in [0, 0.05) is 12.5 Å². The Balaban J connectivity index is 2.38. The van der Waals surface area contributed by atoms with E-state index < -0.39 is 8.32 Å². The molecule has 4 nitrogen and oxygen atoms in total. The predicted molar refractivity (Wildman–Crippen MR) is 129 cm³/mol. The molecule has 0 spiro atoms. The van der Waals surface area contributed by atoms with E-state index in [0.717, 1.165) is 31.2 Å². The number of nitrogens with one attached hydrogen (secondary N) is 1. The summed E-state index contributed by atoms with van der Waals surface area (Å²) in [6, 6.07) is 9.85. The molecule has 1 amide bonds. The first kappa shape index (κ1) is 26.6. The molecule has 0 saturated carbocycles. The van der Waals surface area contributed by atoms with Gasteiger partial charge in [-0.1, -0.05) is 70.5 Å². The molecule has 0 fully saturated rings. The number of carbonyl (C=O) groups excluding carboxylic acids is 1. The Kier molecular flexibility index (Phi) is 11.6. The smallest absolute Gasteiger partial charge is 0.220 e. The summed E-state index contributed by atoms with van der Waals surface area (Å²) in [6.45, 7) is 18.4. The van der Waals surface area contributed by atoms with Crippen molar-refractivity contribution in [1.29, 1.82) is 0 Å². The van der Waals surface area contributed by atoms with Gasteiger partial charge < -0.3 is 14.5 Å². The molecular weight excluding hydrogens is 390 g/mol. The minimum absolute atomic E-state index is 0.0470. The molecule has 1 aromatic rings. The zero-order valence-electron chi connectivity index (χ0n) is 20.0. The van der Waals surface area contributed by atoms with Gasteiger partial charge >= 0.3 is 0 Å². The van der Waals surface area contributed by atoms with E-state index in [1.54, 1.807) is 6.08 Å². The minimum Gasteiger partial charge on any atom is -0.414 e. The van der Waals surface area contributed by atoms with Gasteiger partial charge in [-0.05, 0) is 43.0 Å². The molecule has 0 aliphatic rings. The summed E-state index contributed by atoms with van der Waals surface area (Å²) >= 11 is 0. The highest BCUT2D eigenvalue weighted by Crippen LogP contribution is 2.38. The van der Waals surface area contributed by atoms with Crippen LogP contribution in [0.4, 0.5) is 0 Å². The maximum Gasteiger partial charge on any atom is 0.220 e. The highest BCUT2D eigenvalue weighted by atomic mass is 28.4. The molecule has 30 heavy (non-hydrogen) atoms. The largest absolute Gasteiger partial charge is 0.414 e. The first-order valence-corrected chi connectivity index (χ1v) is 14.2. The fourth-order valence-corrected chi connectivity index (χ4v) is 4.42. The lowest BCUT2D eigenvalue weighted by atomic mass is 10.1. The third-order valence-electron chi connectivity index (χ3n) is 5.85. The van der Waals surface area contributed by atoms with Crippen LogP contribution in [0, 0.1) is 0 Å². The second-order valence-corrected chi connectivity index (χ2v) is 14.3. The monoisotopic (exact) mass is 433 g/mol. The summed E-state index contributed by atoms with van der Waals surface area (Å²) in [6.07, 6.45) is 6.40. The SMILES string of the molecule is C=C[C@H](COCc1ccccc1)NC(=O)CCC[C@@H](CCC)O[Si](C)(C)C(C)(C)C. The molecule has 0 aromatic heterocycles. The summed E-state index contributed by atoms with van der Waals surface area (Å²) < 4.78 is 12.3. The lowest BCUT2D eigenvalue weighted by Gasteiger charge is -2.39. The first-order chi connectivity index (χ1) is 14.1. The Labute approximate surface area is 185 Å². The van der Waals surface area contributed by atoms with Crippen molar-refractivity contribution in [2.75, 3.05) is 6.61 Å². The lowest BCUT2D eigenvalue weighted by Crippen LogP contribution is -2.44. The standard InChI is InChI=1S/C25H43NO3Si/c1-8-14-23(29-30(6,7)25(3,4)5)17-13-18-24(27)26-22(9-2)20-28-19-21-15-11-10-12-16-21/h9-12,15-16,22-23H,2,8,13-14,17-20H2,1,3-7H3,(H,26,27)/t22-,23-/m1/s1. The molecular formula is C25H43NO3Si. The number of hydrogen-bond donors (Lipinski definition) is 1. The zero-order valence-corrected chi connectivity index (χ0v) is 21.0. The van der Waals surface area contributed by atoms with Crippen molar-refractivity contribution >= 4 is 14.2 Å². The number of rotatable bonds is 14. The van der Waals surface area contributed by atoms with E-state index in [1.165, 1.54) is 0 Å². The van der Waals surface area contributed by atoms with Gasteiger partial charge in [-0.2, -0.15) is 0 Å². The third-order valence-corrected chi connectivity index (χ3v) is 10.4. The lowest BCUT2D eigenvalue weighted by molar-refractivity contribution is -0.122. The average Bonchev–Trinajstić information content (AvgIpc) is 2.67. The Morgan fingerprint density at radius 3 is 2.43 bits per heavy atom. The van der Waals surface area contributed by atoms with Crippen molar-refractivity contribution in [2.24, 2.45) is 0 Å². The summed E-state index contributed by atoms with van der Waals surface area (Å²) in [4.78, 5) is 12.4. The van der Waals surface area contributed by atoms with Gasteiger partial charge in [0.25, 0.3) is 0 Å². The molecule has 0 heterocycles. The van der Waals surface area contributed by atoms with Gasteiger partial charge in [0.05, 0.1) is 19.3 Å². The van der Waals surface area contributed by atoms with Gasteiger partial charge in [0.15, 0.2) is 8.32 Å². The number of ether oxygens (including phenoxy) is 1. The zero-order chi connectivity index (χ0) is 22.6. The number of amides is 1. The van der Waals surface area contributed by atoms with Gasteiger partial charge in [-0.3, -0.25) is 4.79 Å². The molecule has 0 unspecified atom stereocenters. The average molecular weight is 434 g/mol. The maximum absolute atomic E-state index is 12.4. The van der Waals surface area contributed by atoms with Crippen molar-refractivity contribution in [3.05, 3.63) is 48.6 Å². The van der Waals surface area contributed by atoms with Crippen LogP contribution in [-0.4, -0.2) is 33.0 Å². The van der Waals surface area contributed by atoms with Gasteiger partial charge in [0.2, 0.25) is 5.91 Å². The Bertz CT molecular complexity index is 625. The van der Waals surface area contributed by atoms with Crippen LogP contribution in [0.25, 0.3) is 0 Å². The molecule has 0 saturated heterocycles. The van der Waals surface area contributed by atoms with Gasteiger partial charge in [0.1, 0.15) is 0 Å². The summed E-state index contributed by atoms with van der Waals surface area (Å²) in [5, 5.41) is 3.22. The number of hydrogen-bond acceptors (Lipinski definition) is 3. The van der Waals surface area contributed by atoms with E-state index >= 15 is 0 Å². The molecule has 0 bridgehead atoms. The van der Waals surface area contributed by atoms with E-state index in [2.05, 4.69) is 52.7 Å². The van der Waals surface area contributed by atoms with E-state index in [0.29, 0.717) is 19.6 Å². The van der Waals surface area contributed by atoms with Crippen LogP contribution < -0.4 is 5.32 Å². The second kappa shape index (κ2) is 13.1. The van der Waals surface area contributed by atoms with E-state index in [4.69, 9.17) is 9.16 Å². The summed E-state index contributed by atoms with van der Waals surface area (Å²) in [5.41, 5.74) is 1.12. The highest BCUT2D eigenvalue weighted by molar-refractivity contribution is 6.74. The molecule has 1 rings (SSSR count). The third kappa shape index (κ3) is 10.1. The molecule has 5 heteroatoms. The molecule has 170 valence electrons. The topological polar surface area (TPSA) is 47.6 Å². The minimum atomic E-state index is -1.79. The van der Waals surface area contributed by atoms with Crippen LogP contribution in [-0.2, 0) is 20.6 Å². The van der Waals surface area contributed by atoms with Crippen LogP contribution in [0.1, 0.15) is 65.4 Å². The second-order valence-electron chi connectivity index (χ2n) is 9.59. The van der Waals surface area contributed by atoms with E-state index in [-0.39, 0.29) is 23.1 Å². The van der Waals surface area contributed by atoms with Crippen molar-refractivity contribution < 1.29 is 14.0 Å². The maximum atomic E-state index is 12.4. The normalized spacial score (nSPS) is 14.2. The number of carbonyl (C=O) groups is 1. The highest BCUT2D eigenvalue weighted by Gasteiger charge is 2.38. The molecule has 0 radical (unpaired) electrons. The van der Waals surface area contributed by atoms with Gasteiger partial charge in [-0.15, -0.1) is 6.58 Å². The fourth-order valence-electron chi connectivity index (χ4n) is 2.99. The predicted octanol–water partition coefficient (Wildman–Crippen LogP) is 6.23. The number of benzene rings is 1. The van der Waals surface area contributed by atoms with Crippen molar-refractivity contribution in [1.82, 2.24) is 5.32 Å². The molecule has 0 aliphatic carbocycles. The van der Waals surface area contributed by atoms with Gasteiger partial charge in [-0.25, -0.2) is 0 Å². The first-order valence-electron chi connectivity index (χ1n) is 11.3. The Hall–Kier alpha value is -1.43. The molecule has 0 aliphatic heterocycles. The Morgan fingerprint density at radius 1 is 1.20 bits per heavy atom. The van der Waals surface area contributed by atoms with Crippen LogP contribution in [0.3, 0.4) is 0 Å². The molecule has 1 aromatic carbocycles. The summed E-state index contributed by atoms with van der Waals surface area (Å²) in [7, 11) is -1.79. The molecule has 2 atom stereocenters. The van der Waals surface area contributed by atoms with Crippen LogP contribution in [0.2, 0.25) is 18.1 Å². The molecule has 1 N–H and O–H groups in total. The van der Waals surface area contributed by atoms with Crippen LogP contribution in [0.15, 0.2) is 43.0 Å². The van der Waals surface area contributed by atoms with Crippen LogP contribution >= 0.6 is 0 Å². The van der Waals surface area contributed by atoms with Crippen molar-refractivity contribution in [2.45, 2.75) is 96.7 Å². The quantitative estimate of drug-likeness (QED) is 0.279. The van der Waals surface area contributed by atoms with Crippen molar-refractivity contribution in [3.8, 4) is 0 Å².